The summed E-state index contributed by atoms with van der Waals surface area (Å²) in [6, 6.07) is 27.5. The van der Waals surface area contributed by atoms with Gasteiger partial charge < -0.3 is 95.5 Å². The van der Waals surface area contributed by atoms with Crippen molar-refractivity contribution < 1.29 is 61.7 Å². The lowest BCUT2D eigenvalue weighted by Gasteiger charge is -2.36. The predicted molar refractivity (Wildman–Crippen MR) is 382 cm³/mol. The number of guanidine groups is 2. The molecule has 2 saturated heterocycles. The molecule has 2 aromatic heterocycles. The molecule has 2 aliphatic rings. The van der Waals surface area contributed by atoms with Crippen LogP contribution in [0.5, 0.6) is 0 Å². The average molecular weight is 1420 g/mol. The van der Waals surface area contributed by atoms with Crippen LogP contribution < -0.4 is 43.4 Å². The number of piperazine rings is 2. The molecule has 8 rings (SSSR count). The van der Waals surface area contributed by atoms with Crippen molar-refractivity contribution in [1.82, 2.24) is 40.4 Å². The summed E-state index contributed by atoms with van der Waals surface area (Å²) in [6.45, 7) is 19.4. The van der Waals surface area contributed by atoms with E-state index in [0.29, 0.717) is 191 Å². The van der Waals surface area contributed by atoms with Crippen LogP contribution in [0.2, 0.25) is 10.0 Å². The van der Waals surface area contributed by atoms with Crippen LogP contribution in [0.3, 0.4) is 0 Å². The van der Waals surface area contributed by atoms with Gasteiger partial charge in [-0.1, -0.05) is 47.5 Å². The highest BCUT2D eigenvalue weighted by Crippen LogP contribution is 2.33. The average Bonchev–Trinajstić information content (AvgIpc) is 0.811. The van der Waals surface area contributed by atoms with Crippen LogP contribution >= 0.6 is 23.2 Å². The number of nitrogens with two attached hydrogens (primary N) is 4. The summed E-state index contributed by atoms with van der Waals surface area (Å²) in [7, 11) is 0. The number of aromatic nitrogens is 4. The molecule has 31 heteroatoms. The number of carbonyl (C=O) groups excluding carboxylic acids is 2. The third kappa shape index (κ3) is 29.1. The van der Waals surface area contributed by atoms with Gasteiger partial charge in [0.2, 0.25) is 11.8 Å². The van der Waals surface area contributed by atoms with E-state index in [1.54, 1.807) is 12.1 Å². The van der Waals surface area contributed by atoms with Gasteiger partial charge in [-0.15, -0.1) is 0 Å². The molecule has 0 saturated carbocycles. The lowest BCUT2D eigenvalue weighted by atomic mass is 10.1. The summed E-state index contributed by atoms with van der Waals surface area (Å²) in [5.41, 5.74) is 29.3. The quantitative estimate of drug-likeness (QED) is 0.0177. The number of aliphatic imine (C=N–C) groups is 2. The maximum Gasteiger partial charge on any atom is 0.253 e. The Morgan fingerprint density at radius 1 is 0.384 bits per heavy atom. The van der Waals surface area contributed by atoms with E-state index in [9.17, 15) is 9.59 Å². The normalized spacial score (nSPS) is 13.7. The molecule has 0 spiro atoms. The minimum atomic E-state index is -0.112. The number of halogens is 2. The first-order valence-electron chi connectivity index (χ1n) is 33.6. The second-order valence-electron chi connectivity index (χ2n) is 22.8. The summed E-state index contributed by atoms with van der Waals surface area (Å²) in [4.78, 5) is 60.2. The van der Waals surface area contributed by atoms with E-state index in [2.05, 4.69) is 84.4 Å². The minimum absolute atomic E-state index is 0.107. The molecule has 6 aromatic rings. The van der Waals surface area contributed by atoms with E-state index < -0.39 is 0 Å². The Hall–Kier alpha value is -7.30. The fraction of sp³-hybridized carbons (Fsp3) is 0.529. The van der Waals surface area contributed by atoms with Crippen LogP contribution in [0, 0.1) is 0 Å². The second kappa shape index (κ2) is 44.8. The van der Waals surface area contributed by atoms with Crippen molar-refractivity contribution in [3.8, 4) is 22.5 Å². The number of hydrogen-bond acceptors (Lipinski definition) is 23. The Labute approximate surface area is 588 Å². The third-order valence-electron chi connectivity index (χ3n) is 15.7. The van der Waals surface area contributed by atoms with Gasteiger partial charge in [-0.3, -0.25) is 19.4 Å². The van der Waals surface area contributed by atoms with E-state index in [4.69, 9.17) is 98.2 Å². The molecule has 2 fully saturated rings. The van der Waals surface area contributed by atoms with E-state index >= 15 is 0 Å². The van der Waals surface area contributed by atoms with Crippen molar-refractivity contribution in [1.29, 1.82) is 0 Å². The zero-order valence-corrected chi connectivity index (χ0v) is 57.9. The Bertz CT molecular complexity index is 3180. The van der Waals surface area contributed by atoms with E-state index in [-0.39, 0.29) is 48.5 Å². The van der Waals surface area contributed by atoms with E-state index in [1.807, 2.05) is 48.5 Å². The molecule has 99 heavy (non-hydrogen) atoms. The first kappa shape index (κ1) is 77.4. The van der Waals surface area contributed by atoms with Crippen LogP contribution in [0.15, 0.2) is 94.9 Å². The first-order chi connectivity index (χ1) is 48.4. The highest BCUT2D eigenvalue weighted by molar-refractivity contribution is 6.31. The molecule has 0 aliphatic carbocycles. The zero-order chi connectivity index (χ0) is 69.5. The summed E-state index contributed by atoms with van der Waals surface area (Å²) in [5.74, 6) is -0.0542. The largest absolute Gasteiger partial charge is 0.379 e. The Morgan fingerprint density at radius 2 is 0.687 bits per heavy atom. The molecule has 10 N–H and O–H groups in total. The predicted octanol–water partition coefficient (Wildman–Crippen LogP) is 4.16. The summed E-state index contributed by atoms with van der Waals surface area (Å²) in [5, 5.41) is 8.47. The minimum Gasteiger partial charge on any atom is -0.379 e. The maximum atomic E-state index is 12.1. The molecule has 29 nitrogen and oxygen atoms in total. The van der Waals surface area contributed by atoms with Crippen LogP contribution in [0.4, 0.5) is 23.3 Å². The monoisotopic (exact) mass is 1410 g/mol. The van der Waals surface area contributed by atoms with Gasteiger partial charge in [-0.2, -0.15) is 9.98 Å². The maximum absolute atomic E-state index is 12.1. The molecule has 2 amide bonds. The Kier molecular flexibility index (Phi) is 35.0. The zero-order valence-electron chi connectivity index (χ0n) is 56.4. The highest BCUT2D eigenvalue weighted by atomic mass is 35.5. The number of carbonyl (C=O) groups is 2. The van der Waals surface area contributed by atoms with E-state index in [0.717, 1.165) is 98.7 Å². The van der Waals surface area contributed by atoms with Gasteiger partial charge in [0, 0.05) is 135 Å². The highest BCUT2D eigenvalue weighted by Gasteiger charge is 2.21. The number of rotatable bonds is 48. The van der Waals surface area contributed by atoms with Gasteiger partial charge in [-0.05, 0) is 60.7 Å². The summed E-state index contributed by atoms with van der Waals surface area (Å²) < 4.78 is 61.7. The number of hydrogen-bond donors (Lipinski definition) is 6. The molecule has 0 bridgehead atoms. The van der Waals surface area contributed by atoms with Crippen LogP contribution in [-0.4, -0.2) is 277 Å². The number of nitrogens with zero attached hydrogens (tertiary/aromatic N) is 10. The van der Waals surface area contributed by atoms with Crippen molar-refractivity contribution in [3.63, 3.8) is 0 Å². The number of amides is 2. The van der Waals surface area contributed by atoms with Crippen molar-refractivity contribution in [2.75, 3.05) is 234 Å². The molecule has 0 atom stereocenters. The molecular formula is C68H96Cl2N16O13. The lowest BCUT2D eigenvalue weighted by molar-refractivity contribution is -0.123. The van der Waals surface area contributed by atoms with Crippen molar-refractivity contribution in [2.45, 2.75) is 12.8 Å². The van der Waals surface area contributed by atoms with Gasteiger partial charge in [0.05, 0.1) is 168 Å². The number of anilines is 2. The van der Waals surface area contributed by atoms with Crippen LogP contribution in [0.25, 0.3) is 44.3 Å². The molecule has 4 aromatic carbocycles. The van der Waals surface area contributed by atoms with Gasteiger partial charge in [0.25, 0.3) is 11.9 Å². The third-order valence-corrected chi connectivity index (χ3v) is 16.1. The fourth-order valence-corrected chi connectivity index (χ4v) is 10.9. The van der Waals surface area contributed by atoms with Crippen LogP contribution in [0.1, 0.15) is 12.8 Å². The topological polar surface area (TPSA) is 353 Å². The number of ether oxygens (including phenoxy) is 11. The van der Waals surface area contributed by atoms with Crippen molar-refractivity contribution in [3.05, 3.63) is 95.0 Å². The first-order valence-corrected chi connectivity index (χ1v) is 34.4. The smallest absolute Gasteiger partial charge is 0.253 e. The molecular weight excluding hydrogens is 1320 g/mol. The van der Waals surface area contributed by atoms with E-state index in [1.165, 1.54) is 0 Å². The standard InChI is InChI=1S/C68H96Cl2N16O13/c69-53-5-11-59-57(49-53)63(79-67(77-59)81-65(71)72)51-1-7-55(8-2-51)85-21-17-83(18-22-85)25-31-93-37-43-97-41-35-91-29-15-75-61(87)13-27-89-33-39-95-45-47-99-48-46-96-40-34-90-28-14-62(88)76-16-30-92-36-42-98-44-38-94-32-26-84-19-23-86(24-20-84)56-9-3-52(4-10-56)64-58-50-54(70)6-12-60(58)78-68(80-64)82-66(73)74/h1-12,49-50H,13-48H2,(H,75,87)(H,76,88)(H4,71,72,77,79,81)(H4,73,74,78,80,82). The van der Waals surface area contributed by atoms with Crippen molar-refractivity contribution in [2.24, 2.45) is 32.9 Å². The molecule has 0 radical (unpaired) electrons. The lowest BCUT2D eigenvalue weighted by Crippen LogP contribution is -2.47. The Morgan fingerprint density at radius 3 is 1.01 bits per heavy atom. The fourth-order valence-electron chi connectivity index (χ4n) is 10.6. The summed E-state index contributed by atoms with van der Waals surface area (Å²) in [6.07, 6.45) is 0.495. The summed E-state index contributed by atoms with van der Waals surface area (Å²) >= 11 is 12.6. The van der Waals surface area contributed by atoms with Gasteiger partial charge >= 0.3 is 0 Å². The molecule has 0 unspecified atom stereocenters. The number of nitrogens with one attached hydrogen (secondary N) is 2. The van der Waals surface area contributed by atoms with Gasteiger partial charge in [0.15, 0.2) is 11.9 Å². The molecule has 2 aliphatic heterocycles. The number of fused-ring (bicyclic) bond motifs is 2. The van der Waals surface area contributed by atoms with Gasteiger partial charge in [0.1, 0.15) is 0 Å². The SMILES string of the molecule is NC(N)=Nc1nc(-c2ccc(N3CCN(CCOCCOCCOCCNC(=O)CCOCCOCCOCCOCCOCCC(=O)NCCOCCOCCOCCN4CCN(c5ccc(-c6nc(N=C(N)N)nc7ccc(Cl)cc67)cc5)CC4)CC3)cc2)c2cc(Cl)ccc2n1. The van der Waals surface area contributed by atoms with Crippen LogP contribution in [-0.2, 0) is 61.7 Å². The van der Waals surface area contributed by atoms with Gasteiger partial charge in [-0.25, -0.2) is 19.9 Å². The number of benzene rings is 4. The second-order valence-corrected chi connectivity index (χ2v) is 23.7. The molecule has 4 heterocycles. The van der Waals surface area contributed by atoms with Crippen molar-refractivity contribution >= 4 is 92.0 Å². The molecule has 540 valence electrons. The Balaban J connectivity index is 0.493.